The molecule has 3 rings (SSSR count). The van der Waals surface area contributed by atoms with E-state index in [1.54, 1.807) is 0 Å². The van der Waals surface area contributed by atoms with E-state index < -0.39 is 0 Å². The number of allylic oxidation sites excluding steroid dienone is 1. The number of anilines is 1. The van der Waals surface area contributed by atoms with Gasteiger partial charge in [-0.05, 0) is 62.0 Å². The lowest BCUT2D eigenvalue weighted by molar-refractivity contribution is -0.113. The fraction of sp³-hybridized carbons (Fsp3) is 0.200. The number of amides is 1. The summed E-state index contributed by atoms with van der Waals surface area (Å²) >= 11 is 8.86. The second-order valence-electron chi connectivity index (χ2n) is 6.00. The van der Waals surface area contributed by atoms with Crippen LogP contribution in [0.3, 0.4) is 0 Å². The summed E-state index contributed by atoms with van der Waals surface area (Å²) in [5.74, 6) is 0.572. The Morgan fingerprint density at radius 3 is 2.59 bits per heavy atom. The van der Waals surface area contributed by atoms with Crippen LogP contribution in [0, 0.1) is 0 Å². The van der Waals surface area contributed by atoms with Crippen LogP contribution < -0.4 is 20.7 Å². The highest BCUT2D eigenvalue weighted by Crippen LogP contribution is 2.32. The van der Waals surface area contributed by atoms with Crippen molar-refractivity contribution < 1.29 is 9.53 Å². The summed E-state index contributed by atoms with van der Waals surface area (Å²) < 4.78 is 6.35. The van der Waals surface area contributed by atoms with Gasteiger partial charge in [0.1, 0.15) is 5.75 Å². The van der Waals surface area contributed by atoms with Gasteiger partial charge in [0.25, 0.3) is 5.91 Å². The van der Waals surface area contributed by atoms with Crippen molar-refractivity contribution in [1.82, 2.24) is 10.6 Å². The van der Waals surface area contributed by atoms with Gasteiger partial charge in [-0.25, -0.2) is 0 Å². The maximum Gasteiger partial charge on any atom is 0.255 e. The van der Waals surface area contributed by atoms with Gasteiger partial charge in [-0.15, -0.1) is 0 Å². The van der Waals surface area contributed by atoms with Crippen LogP contribution in [0.5, 0.6) is 5.75 Å². The molecule has 0 fully saturated rings. The van der Waals surface area contributed by atoms with Crippen molar-refractivity contribution in [2.24, 2.45) is 0 Å². The van der Waals surface area contributed by atoms with Crippen LogP contribution in [0.4, 0.5) is 5.69 Å². The molecule has 0 bridgehead atoms. The molecule has 5 nitrogen and oxygen atoms in total. The Kier molecular flexibility index (Phi) is 6.13. The largest absolute Gasteiger partial charge is 0.494 e. The van der Waals surface area contributed by atoms with E-state index in [0.29, 0.717) is 23.0 Å². The Morgan fingerprint density at radius 2 is 1.93 bits per heavy atom. The minimum atomic E-state index is -0.350. The smallest absolute Gasteiger partial charge is 0.255 e. The molecule has 1 atom stereocenters. The molecule has 1 heterocycles. The maximum atomic E-state index is 13.1. The molecule has 27 heavy (non-hydrogen) atoms. The van der Waals surface area contributed by atoms with Crippen LogP contribution >= 0.6 is 28.1 Å². The lowest BCUT2D eigenvalue weighted by atomic mass is 9.95. The molecule has 7 heteroatoms. The minimum Gasteiger partial charge on any atom is -0.494 e. The van der Waals surface area contributed by atoms with E-state index >= 15 is 0 Å². The van der Waals surface area contributed by atoms with Gasteiger partial charge in [-0.1, -0.05) is 34.1 Å². The zero-order valence-electron chi connectivity index (χ0n) is 15.0. The Hall–Kier alpha value is -2.38. The van der Waals surface area contributed by atoms with Crippen molar-refractivity contribution in [1.29, 1.82) is 0 Å². The van der Waals surface area contributed by atoms with Crippen molar-refractivity contribution in [3.8, 4) is 5.75 Å². The number of thiocarbonyl (C=S) groups is 1. The summed E-state index contributed by atoms with van der Waals surface area (Å²) in [7, 11) is 0. The molecule has 1 aliphatic rings. The van der Waals surface area contributed by atoms with Crippen LogP contribution in [0.25, 0.3) is 0 Å². The standard InChI is InChI=1S/C20H20BrN3O2S/c1-3-26-14-10-8-13(9-11-14)23-19(25)17-12(2)22-20(27)24-18(17)15-6-4-5-7-16(15)21/h4-11,18H,3H2,1-2H3,(H,23,25)(H2,22,24,27). The number of nitrogens with one attached hydrogen (secondary N) is 3. The van der Waals surface area contributed by atoms with E-state index in [-0.39, 0.29) is 11.9 Å². The molecule has 0 saturated heterocycles. The average molecular weight is 446 g/mol. The van der Waals surface area contributed by atoms with E-state index in [0.717, 1.165) is 21.5 Å². The monoisotopic (exact) mass is 445 g/mol. The zero-order valence-corrected chi connectivity index (χ0v) is 17.4. The van der Waals surface area contributed by atoms with Crippen molar-refractivity contribution in [2.75, 3.05) is 11.9 Å². The van der Waals surface area contributed by atoms with Gasteiger partial charge < -0.3 is 20.7 Å². The van der Waals surface area contributed by atoms with E-state index in [9.17, 15) is 4.79 Å². The number of carbonyl (C=O) groups excluding carboxylic acids is 1. The molecule has 1 unspecified atom stereocenters. The first-order chi connectivity index (χ1) is 13.0. The maximum absolute atomic E-state index is 13.1. The predicted molar refractivity (Wildman–Crippen MR) is 115 cm³/mol. The third kappa shape index (κ3) is 4.48. The first kappa shape index (κ1) is 19.4. The third-order valence-corrected chi connectivity index (χ3v) is 5.10. The molecule has 140 valence electrons. The Morgan fingerprint density at radius 1 is 1.22 bits per heavy atom. The van der Waals surface area contributed by atoms with Gasteiger partial charge >= 0.3 is 0 Å². The van der Waals surface area contributed by atoms with E-state index in [2.05, 4.69) is 31.9 Å². The highest BCUT2D eigenvalue weighted by molar-refractivity contribution is 9.10. The molecule has 1 aliphatic heterocycles. The van der Waals surface area contributed by atoms with Crippen molar-refractivity contribution in [2.45, 2.75) is 19.9 Å². The number of hydrogen-bond donors (Lipinski definition) is 3. The molecule has 0 saturated carbocycles. The number of halogens is 1. The number of rotatable bonds is 5. The molecule has 1 amide bonds. The van der Waals surface area contributed by atoms with Crippen LogP contribution in [-0.4, -0.2) is 17.6 Å². The second-order valence-corrected chi connectivity index (χ2v) is 7.27. The number of ether oxygens (including phenoxy) is 1. The van der Waals surface area contributed by atoms with Gasteiger partial charge in [-0.2, -0.15) is 0 Å². The highest BCUT2D eigenvalue weighted by atomic mass is 79.9. The van der Waals surface area contributed by atoms with Gasteiger partial charge in [0.15, 0.2) is 5.11 Å². The second kappa shape index (κ2) is 8.54. The quantitative estimate of drug-likeness (QED) is 0.599. The lowest BCUT2D eigenvalue weighted by Gasteiger charge is -2.31. The molecule has 3 N–H and O–H groups in total. The topological polar surface area (TPSA) is 62.4 Å². The molecule has 2 aromatic carbocycles. The average Bonchev–Trinajstić information content (AvgIpc) is 2.63. The SMILES string of the molecule is CCOc1ccc(NC(=O)C2=C(C)NC(=S)NC2c2ccccc2Br)cc1. The van der Waals surface area contributed by atoms with Crippen LogP contribution in [-0.2, 0) is 4.79 Å². The van der Waals surface area contributed by atoms with Gasteiger partial charge in [0.2, 0.25) is 0 Å². The minimum absolute atomic E-state index is 0.195. The molecule has 2 aromatic rings. The summed E-state index contributed by atoms with van der Waals surface area (Å²) in [6.07, 6.45) is 0. The fourth-order valence-corrected chi connectivity index (χ4v) is 3.72. The molecule has 0 aromatic heterocycles. The summed E-state index contributed by atoms with van der Waals surface area (Å²) in [5, 5.41) is 9.69. The molecule has 0 radical (unpaired) electrons. The normalized spacial score (nSPS) is 16.4. The molecular formula is C20H20BrN3O2S. The Labute approximate surface area is 172 Å². The Bertz CT molecular complexity index is 896. The first-order valence-electron chi connectivity index (χ1n) is 8.56. The number of carbonyl (C=O) groups is 1. The fourth-order valence-electron chi connectivity index (χ4n) is 2.94. The highest BCUT2D eigenvalue weighted by Gasteiger charge is 2.30. The van der Waals surface area contributed by atoms with Crippen molar-refractivity contribution in [3.63, 3.8) is 0 Å². The van der Waals surface area contributed by atoms with Crippen LogP contribution in [0.15, 0.2) is 64.3 Å². The van der Waals surface area contributed by atoms with E-state index in [1.807, 2.05) is 62.4 Å². The van der Waals surface area contributed by atoms with Crippen molar-refractivity contribution in [3.05, 3.63) is 69.8 Å². The van der Waals surface area contributed by atoms with Crippen molar-refractivity contribution >= 4 is 44.9 Å². The summed E-state index contributed by atoms with van der Waals surface area (Å²) in [5.41, 5.74) is 2.95. The summed E-state index contributed by atoms with van der Waals surface area (Å²) in [4.78, 5) is 13.1. The number of benzene rings is 2. The Balaban J connectivity index is 1.88. The summed E-state index contributed by atoms with van der Waals surface area (Å²) in [6.45, 7) is 4.38. The lowest BCUT2D eigenvalue weighted by Crippen LogP contribution is -2.45. The van der Waals surface area contributed by atoms with Gasteiger partial charge in [-0.3, -0.25) is 4.79 Å². The van der Waals surface area contributed by atoms with E-state index in [1.165, 1.54) is 0 Å². The summed E-state index contributed by atoms with van der Waals surface area (Å²) in [6, 6.07) is 14.7. The van der Waals surface area contributed by atoms with Crippen LogP contribution in [0.2, 0.25) is 0 Å². The van der Waals surface area contributed by atoms with Crippen LogP contribution in [0.1, 0.15) is 25.5 Å². The predicted octanol–water partition coefficient (Wildman–Crippen LogP) is 4.28. The molecular weight excluding hydrogens is 426 g/mol. The number of hydrogen-bond acceptors (Lipinski definition) is 3. The van der Waals surface area contributed by atoms with E-state index in [4.69, 9.17) is 17.0 Å². The van der Waals surface area contributed by atoms with Gasteiger partial charge in [0.05, 0.1) is 18.2 Å². The molecule has 0 aliphatic carbocycles. The zero-order chi connectivity index (χ0) is 19.4. The first-order valence-corrected chi connectivity index (χ1v) is 9.76. The molecule has 0 spiro atoms. The third-order valence-electron chi connectivity index (χ3n) is 4.15. The van der Waals surface area contributed by atoms with Gasteiger partial charge in [0, 0.05) is 15.9 Å².